The number of rotatable bonds is 5. The van der Waals surface area contributed by atoms with E-state index < -0.39 is 0 Å². The van der Waals surface area contributed by atoms with Gasteiger partial charge in [0.05, 0.1) is 4.90 Å². The Bertz CT molecular complexity index is 639. The molecule has 0 fully saturated rings. The van der Waals surface area contributed by atoms with Gasteiger partial charge in [-0.05, 0) is 60.7 Å². The maximum Gasteiger partial charge on any atom is 0.137 e. The zero-order valence-corrected chi connectivity index (χ0v) is 13.1. The number of hydrogen-bond acceptors (Lipinski definition) is 2. The summed E-state index contributed by atoms with van der Waals surface area (Å²) in [6.07, 6.45) is 3.59. The van der Waals surface area contributed by atoms with Crippen molar-refractivity contribution in [3.8, 4) is 0 Å². The highest BCUT2D eigenvalue weighted by atomic mass is 32.2. The minimum Gasteiger partial charge on any atom is -0.313 e. The molecule has 0 aromatic heterocycles. The Hall–Kier alpha value is -1.32. The van der Waals surface area contributed by atoms with Crippen LogP contribution in [0.3, 0.4) is 0 Å². The standard InChI is InChI=1S/C18H20FNS/c1-2-20-12-15-7-4-8-17(19)18(15)21-16-10-9-13-5-3-6-14(13)11-16/h4,7-11,20H,2-3,5-6,12H2,1H3. The summed E-state index contributed by atoms with van der Waals surface area (Å²) in [5, 5.41) is 3.28. The zero-order valence-electron chi connectivity index (χ0n) is 12.3. The fraction of sp³-hybridized carbons (Fsp3) is 0.333. The van der Waals surface area contributed by atoms with Crippen LogP contribution in [-0.2, 0) is 19.4 Å². The molecule has 0 saturated carbocycles. The Morgan fingerprint density at radius 1 is 1.14 bits per heavy atom. The van der Waals surface area contributed by atoms with E-state index in [0.29, 0.717) is 6.54 Å². The van der Waals surface area contributed by atoms with Crippen molar-refractivity contribution < 1.29 is 4.39 Å². The van der Waals surface area contributed by atoms with Crippen molar-refractivity contribution in [1.29, 1.82) is 0 Å². The molecule has 3 heteroatoms. The summed E-state index contributed by atoms with van der Waals surface area (Å²) in [4.78, 5) is 1.88. The highest BCUT2D eigenvalue weighted by Crippen LogP contribution is 2.35. The average molecular weight is 301 g/mol. The quantitative estimate of drug-likeness (QED) is 0.868. The van der Waals surface area contributed by atoms with Crippen molar-refractivity contribution in [3.05, 3.63) is 58.9 Å². The van der Waals surface area contributed by atoms with Gasteiger partial charge in [0.2, 0.25) is 0 Å². The van der Waals surface area contributed by atoms with Crippen molar-refractivity contribution in [2.24, 2.45) is 0 Å². The molecular weight excluding hydrogens is 281 g/mol. The summed E-state index contributed by atoms with van der Waals surface area (Å²) >= 11 is 1.54. The number of hydrogen-bond donors (Lipinski definition) is 1. The monoisotopic (exact) mass is 301 g/mol. The van der Waals surface area contributed by atoms with E-state index >= 15 is 0 Å². The van der Waals surface area contributed by atoms with Crippen LogP contribution in [0.4, 0.5) is 4.39 Å². The van der Waals surface area contributed by atoms with Crippen LogP contribution in [0.25, 0.3) is 0 Å². The van der Waals surface area contributed by atoms with Crippen LogP contribution in [0, 0.1) is 5.82 Å². The van der Waals surface area contributed by atoms with Gasteiger partial charge in [0.25, 0.3) is 0 Å². The lowest BCUT2D eigenvalue weighted by molar-refractivity contribution is 0.591. The number of fused-ring (bicyclic) bond motifs is 1. The normalized spacial score (nSPS) is 13.4. The Labute approximate surface area is 130 Å². The summed E-state index contributed by atoms with van der Waals surface area (Å²) in [7, 11) is 0. The molecular formula is C18H20FNS. The van der Waals surface area contributed by atoms with Gasteiger partial charge in [-0.3, -0.25) is 0 Å². The molecule has 0 atom stereocenters. The molecule has 110 valence electrons. The van der Waals surface area contributed by atoms with Crippen LogP contribution in [0.15, 0.2) is 46.2 Å². The summed E-state index contributed by atoms with van der Waals surface area (Å²) in [6.45, 7) is 3.66. The number of nitrogens with one attached hydrogen (secondary N) is 1. The third-order valence-corrected chi connectivity index (χ3v) is 5.05. The predicted octanol–water partition coefficient (Wildman–Crippen LogP) is 4.58. The van der Waals surface area contributed by atoms with Crippen molar-refractivity contribution in [1.82, 2.24) is 5.32 Å². The average Bonchev–Trinajstić information content (AvgIpc) is 2.95. The molecule has 0 unspecified atom stereocenters. The summed E-state index contributed by atoms with van der Waals surface area (Å²) in [5.74, 6) is -0.129. The van der Waals surface area contributed by atoms with Crippen LogP contribution in [0.5, 0.6) is 0 Å². The fourth-order valence-electron chi connectivity index (χ4n) is 2.80. The highest BCUT2D eigenvalue weighted by Gasteiger charge is 2.14. The van der Waals surface area contributed by atoms with Crippen molar-refractivity contribution in [2.75, 3.05) is 6.54 Å². The molecule has 0 bridgehead atoms. The maximum absolute atomic E-state index is 14.2. The third kappa shape index (κ3) is 3.30. The fourth-order valence-corrected chi connectivity index (χ4v) is 3.81. The van der Waals surface area contributed by atoms with Crippen molar-refractivity contribution in [3.63, 3.8) is 0 Å². The Morgan fingerprint density at radius 2 is 2.00 bits per heavy atom. The lowest BCUT2D eigenvalue weighted by Crippen LogP contribution is -2.12. The molecule has 3 rings (SSSR count). The van der Waals surface area contributed by atoms with Crippen LogP contribution in [-0.4, -0.2) is 6.54 Å². The van der Waals surface area contributed by atoms with E-state index in [9.17, 15) is 4.39 Å². The molecule has 2 aromatic carbocycles. The van der Waals surface area contributed by atoms with Crippen molar-refractivity contribution in [2.45, 2.75) is 42.5 Å². The van der Waals surface area contributed by atoms with E-state index in [0.717, 1.165) is 28.3 Å². The van der Waals surface area contributed by atoms with Gasteiger partial charge < -0.3 is 5.32 Å². The Kier molecular flexibility index (Phi) is 4.61. The molecule has 1 aliphatic rings. The van der Waals surface area contributed by atoms with Gasteiger partial charge in [-0.1, -0.05) is 36.9 Å². The third-order valence-electron chi connectivity index (χ3n) is 3.90. The minimum atomic E-state index is -0.129. The Balaban J connectivity index is 1.87. The molecule has 2 aromatic rings. The summed E-state index contributed by atoms with van der Waals surface area (Å²) in [6, 6.07) is 11.9. The predicted molar refractivity (Wildman–Crippen MR) is 86.4 cm³/mol. The van der Waals surface area contributed by atoms with E-state index in [2.05, 4.69) is 30.4 Å². The number of aryl methyl sites for hydroxylation is 2. The van der Waals surface area contributed by atoms with E-state index in [4.69, 9.17) is 0 Å². The Morgan fingerprint density at radius 3 is 2.86 bits per heavy atom. The molecule has 0 amide bonds. The SMILES string of the molecule is CCNCc1cccc(F)c1Sc1ccc2c(c1)CCC2. The topological polar surface area (TPSA) is 12.0 Å². The first kappa shape index (κ1) is 14.6. The second-order valence-electron chi connectivity index (χ2n) is 5.39. The van der Waals surface area contributed by atoms with Crippen LogP contribution >= 0.6 is 11.8 Å². The molecule has 0 saturated heterocycles. The van der Waals surface area contributed by atoms with Gasteiger partial charge in [0, 0.05) is 11.4 Å². The van der Waals surface area contributed by atoms with Crippen LogP contribution in [0.2, 0.25) is 0 Å². The second kappa shape index (κ2) is 6.63. The van der Waals surface area contributed by atoms with Crippen molar-refractivity contribution >= 4 is 11.8 Å². The number of halogens is 1. The summed E-state index contributed by atoms with van der Waals surface area (Å²) < 4.78 is 14.2. The lowest BCUT2D eigenvalue weighted by atomic mass is 10.1. The van der Waals surface area contributed by atoms with E-state index in [1.165, 1.54) is 24.0 Å². The molecule has 21 heavy (non-hydrogen) atoms. The first-order valence-corrected chi connectivity index (χ1v) is 8.37. The first-order chi connectivity index (χ1) is 10.3. The van der Waals surface area contributed by atoms with Gasteiger partial charge in [-0.15, -0.1) is 0 Å². The van der Waals surface area contributed by atoms with Crippen LogP contribution in [0.1, 0.15) is 30.0 Å². The van der Waals surface area contributed by atoms with Gasteiger partial charge >= 0.3 is 0 Å². The number of benzene rings is 2. The summed E-state index contributed by atoms with van der Waals surface area (Å²) in [5.41, 5.74) is 3.92. The smallest absolute Gasteiger partial charge is 0.137 e. The van der Waals surface area contributed by atoms with Gasteiger partial charge in [0.15, 0.2) is 0 Å². The molecule has 1 aliphatic carbocycles. The van der Waals surface area contributed by atoms with Gasteiger partial charge in [-0.25, -0.2) is 4.39 Å². The zero-order chi connectivity index (χ0) is 14.7. The van der Waals surface area contributed by atoms with E-state index in [-0.39, 0.29) is 5.82 Å². The molecule has 1 nitrogen and oxygen atoms in total. The molecule has 1 N–H and O–H groups in total. The minimum absolute atomic E-state index is 0.129. The second-order valence-corrected chi connectivity index (χ2v) is 6.48. The molecule has 0 heterocycles. The van der Waals surface area contributed by atoms with Gasteiger partial charge in [-0.2, -0.15) is 0 Å². The van der Waals surface area contributed by atoms with E-state index in [1.54, 1.807) is 23.9 Å². The van der Waals surface area contributed by atoms with Crippen LogP contribution < -0.4 is 5.32 Å². The molecule has 0 radical (unpaired) electrons. The molecule has 0 aliphatic heterocycles. The highest BCUT2D eigenvalue weighted by molar-refractivity contribution is 7.99. The maximum atomic E-state index is 14.2. The lowest BCUT2D eigenvalue weighted by Gasteiger charge is -2.11. The molecule has 0 spiro atoms. The van der Waals surface area contributed by atoms with Gasteiger partial charge in [0.1, 0.15) is 5.82 Å². The largest absolute Gasteiger partial charge is 0.313 e. The van der Waals surface area contributed by atoms with E-state index in [1.807, 2.05) is 6.07 Å². The first-order valence-electron chi connectivity index (χ1n) is 7.55.